The lowest BCUT2D eigenvalue weighted by molar-refractivity contribution is -0.137. The van der Waals surface area contributed by atoms with Crippen molar-refractivity contribution in [1.29, 1.82) is 0 Å². The predicted octanol–water partition coefficient (Wildman–Crippen LogP) is 4.47. The van der Waals surface area contributed by atoms with Gasteiger partial charge in [-0.25, -0.2) is 0 Å². The van der Waals surface area contributed by atoms with E-state index in [0.29, 0.717) is 0 Å². The first-order valence-electron chi connectivity index (χ1n) is 7.31. The number of rotatable bonds is 3. The van der Waals surface area contributed by atoms with E-state index in [1.165, 1.54) is 21.5 Å². The Morgan fingerprint density at radius 1 is 0.955 bits per heavy atom. The van der Waals surface area contributed by atoms with E-state index < -0.39 is 12.0 Å². The molecule has 0 spiro atoms. The first-order valence-corrected chi connectivity index (χ1v) is 7.31. The molecule has 0 amide bonds. The van der Waals surface area contributed by atoms with Crippen LogP contribution < -0.4 is 5.32 Å². The van der Waals surface area contributed by atoms with Gasteiger partial charge in [0, 0.05) is 11.1 Å². The van der Waals surface area contributed by atoms with E-state index >= 15 is 0 Å². The van der Waals surface area contributed by atoms with Crippen LogP contribution in [0.15, 0.2) is 54.6 Å². The minimum atomic E-state index is -0.856. The number of hydrogen-bond acceptors (Lipinski definition) is 2. The molecule has 3 nitrogen and oxygen atoms in total. The second-order valence-corrected chi connectivity index (χ2v) is 5.68. The summed E-state index contributed by atoms with van der Waals surface area (Å²) in [6, 6.07) is 18.0. The Morgan fingerprint density at radius 2 is 1.59 bits per heavy atom. The number of hydrogen-bond donors (Lipinski definition) is 2. The van der Waals surface area contributed by atoms with E-state index in [4.69, 9.17) is 5.11 Å². The first-order chi connectivity index (χ1) is 10.6. The zero-order chi connectivity index (χ0) is 15.3. The van der Waals surface area contributed by atoms with Gasteiger partial charge in [-0.2, -0.15) is 0 Å². The van der Waals surface area contributed by atoms with Gasteiger partial charge < -0.3 is 10.4 Å². The van der Waals surface area contributed by atoms with Gasteiger partial charge in [-0.3, -0.25) is 4.79 Å². The fourth-order valence-electron chi connectivity index (χ4n) is 3.18. The zero-order valence-electron chi connectivity index (χ0n) is 12.1. The summed E-state index contributed by atoms with van der Waals surface area (Å²) in [7, 11) is 0. The molecular formula is C19H15NO2. The minimum absolute atomic E-state index is 0.633. The average Bonchev–Trinajstić information content (AvgIpc) is 2.53. The molecular weight excluding hydrogens is 274 g/mol. The van der Waals surface area contributed by atoms with Crippen molar-refractivity contribution >= 4 is 44.0 Å². The number of aliphatic carboxylic acids is 1. The van der Waals surface area contributed by atoms with E-state index in [0.717, 1.165) is 16.5 Å². The molecule has 1 unspecified atom stereocenters. The second kappa shape index (κ2) is 4.60. The molecule has 0 aliphatic heterocycles. The molecule has 0 aromatic heterocycles. The number of benzene rings is 4. The van der Waals surface area contributed by atoms with Gasteiger partial charge in [0.25, 0.3) is 0 Å². The maximum Gasteiger partial charge on any atom is 0.325 e. The van der Waals surface area contributed by atoms with Crippen LogP contribution in [0.25, 0.3) is 32.3 Å². The lowest BCUT2D eigenvalue weighted by Gasteiger charge is -2.17. The highest BCUT2D eigenvalue weighted by atomic mass is 16.4. The molecule has 0 fully saturated rings. The van der Waals surface area contributed by atoms with Crippen molar-refractivity contribution in [2.75, 3.05) is 5.32 Å². The fourth-order valence-corrected chi connectivity index (χ4v) is 3.18. The molecule has 4 aromatic carbocycles. The van der Waals surface area contributed by atoms with E-state index in [1.807, 2.05) is 24.3 Å². The maximum absolute atomic E-state index is 11.2. The third-order valence-electron chi connectivity index (χ3n) is 4.25. The molecule has 0 radical (unpaired) electrons. The van der Waals surface area contributed by atoms with Crippen LogP contribution in [0.1, 0.15) is 6.92 Å². The van der Waals surface area contributed by atoms with Crippen LogP contribution >= 0.6 is 0 Å². The van der Waals surface area contributed by atoms with Gasteiger partial charge in [-0.15, -0.1) is 0 Å². The summed E-state index contributed by atoms with van der Waals surface area (Å²) in [6.45, 7) is 1.66. The maximum atomic E-state index is 11.2. The zero-order valence-corrected chi connectivity index (χ0v) is 12.1. The van der Waals surface area contributed by atoms with Crippen molar-refractivity contribution in [1.82, 2.24) is 0 Å². The van der Waals surface area contributed by atoms with E-state index in [9.17, 15) is 4.79 Å². The third kappa shape index (κ3) is 1.79. The van der Waals surface area contributed by atoms with Crippen molar-refractivity contribution in [3.8, 4) is 0 Å². The lowest BCUT2D eigenvalue weighted by atomic mass is 9.93. The Hall–Kier alpha value is -2.81. The molecule has 0 bridgehead atoms. The molecule has 4 rings (SSSR count). The number of nitrogens with one attached hydrogen (secondary N) is 1. The molecule has 22 heavy (non-hydrogen) atoms. The smallest absolute Gasteiger partial charge is 0.325 e. The number of carboxylic acids is 1. The summed E-state index contributed by atoms with van der Waals surface area (Å²) in [5.41, 5.74) is 0.867. The quantitative estimate of drug-likeness (QED) is 0.547. The SMILES string of the molecule is CC(Nc1cc2cccc3ccc4cccc1c4c32)C(=O)O. The third-order valence-corrected chi connectivity index (χ3v) is 4.25. The fraction of sp³-hybridized carbons (Fsp3) is 0.105. The molecule has 0 heterocycles. The van der Waals surface area contributed by atoms with Crippen LogP contribution in [0.5, 0.6) is 0 Å². The predicted molar refractivity (Wildman–Crippen MR) is 90.9 cm³/mol. The van der Waals surface area contributed by atoms with Gasteiger partial charge in [0.1, 0.15) is 6.04 Å². The van der Waals surface area contributed by atoms with Crippen LogP contribution in [0.3, 0.4) is 0 Å². The molecule has 4 aromatic rings. The molecule has 108 valence electrons. The minimum Gasteiger partial charge on any atom is -0.480 e. The molecule has 3 heteroatoms. The first kappa shape index (κ1) is 12.9. The summed E-state index contributed by atoms with van der Waals surface area (Å²) < 4.78 is 0. The summed E-state index contributed by atoms with van der Waals surface area (Å²) in [5, 5.41) is 19.3. The molecule has 2 N–H and O–H groups in total. The highest BCUT2D eigenvalue weighted by molar-refractivity contribution is 6.26. The number of anilines is 1. The van der Waals surface area contributed by atoms with Crippen molar-refractivity contribution in [3.63, 3.8) is 0 Å². The van der Waals surface area contributed by atoms with E-state index in [1.54, 1.807) is 6.92 Å². The topological polar surface area (TPSA) is 49.3 Å². The average molecular weight is 289 g/mol. The Kier molecular flexibility index (Phi) is 2.70. The monoisotopic (exact) mass is 289 g/mol. The largest absolute Gasteiger partial charge is 0.480 e. The molecule has 0 saturated carbocycles. The van der Waals surface area contributed by atoms with Crippen LogP contribution in [0.4, 0.5) is 5.69 Å². The second-order valence-electron chi connectivity index (χ2n) is 5.68. The highest BCUT2D eigenvalue weighted by Gasteiger charge is 2.15. The summed E-state index contributed by atoms with van der Waals surface area (Å²) >= 11 is 0. The van der Waals surface area contributed by atoms with Crippen LogP contribution in [-0.2, 0) is 4.79 Å². The standard InChI is InChI=1S/C19H15NO2/c1-11(19(21)22)20-16-10-14-6-2-4-12-8-9-13-5-3-7-15(16)18(13)17(12)14/h2-11,20H,1H3,(H,21,22). The Morgan fingerprint density at radius 3 is 2.32 bits per heavy atom. The summed E-state index contributed by atoms with van der Waals surface area (Å²) in [5.74, 6) is -0.856. The van der Waals surface area contributed by atoms with Crippen LogP contribution in [0.2, 0.25) is 0 Å². The summed E-state index contributed by atoms with van der Waals surface area (Å²) in [6.07, 6.45) is 0. The van der Waals surface area contributed by atoms with Crippen molar-refractivity contribution < 1.29 is 9.90 Å². The van der Waals surface area contributed by atoms with Crippen molar-refractivity contribution in [2.45, 2.75) is 13.0 Å². The van der Waals surface area contributed by atoms with Crippen LogP contribution in [-0.4, -0.2) is 17.1 Å². The summed E-state index contributed by atoms with van der Waals surface area (Å²) in [4.78, 5) is 11.2. The molecule has 1 atom stereocenters. The van der Waals surface area contributed by atoms with Gasteiger partial charge in [0.2, 0.25) is 0 Å². The van der Waals surface area contributed by atoms with E-state index in [2.05, 4.69) is 35.6 Å². The van der Waals surface area contributed by atoms with Gasteiger partial charge in [0.15, 0.2) is 0 Å². The number of carbonyl (C=O) groups is 1. The Labute approximate surface area is 127 Å². The molecule has 0 aliphatic carbocycles. The lowest BCUT2D eigenvalue weighted by Crippen LogP contribution is -2.25. The van der Waals surface area contributed by atoms with Gasteiger partial charge in [-0.1, -0.05) is 48.5 Å². The molecule has 0 saturated heterocycles. The van der Waals surface area contributed by atoms with E-state index in [-0.39, 0.29) is 0 Å². The van der Waals surface area contributed by atoms with Gasteiger partial charge in [0.05, 0.1) is 0 Å². The van der Waals surface area contributed by atoms with Crippen LogP contribution in [0, 0.1) is 0 Å². The Balaban J connectivity index is 2.10. The number of carboxylic acid groups (broad SMARTS) is 1. The van der Waals surface area contributed by atoms with Crippen molar-refractivity contribution in [2.24, 2.45) is 0 Å². The normalized spacial score (nSPS) is 13.0. The molecule has 0 aliphatic rings. The highest BCUT2D eigenvalue weighted by Crippen LogP contribution is 2.38. The Bertz CT molecular complexity index is 1010. The van der Waals surface area contributed by atoms with Crippen molar-refractivity contribution in [3.05, 3.63) is 54.6 Å². The van der Waals surface area contributed by atoms with Gasteiger partial charge >= 0.3 is 5.97 Å². The van der Waals surface area contributed by atoms with Gasteiger partial charge in [-0.05, 0) is 39.9 Å².